The summed E-state index contributed by atoms with van der Waals surface area (Å²) in [6.45, 7) is 11.9. The predicted molar refractivity (Wildman–Crippen MR) is 164 cm³/mol. The average Bonchev–Trinajstić information content (AvgIpc) is 2.98. The van der Waals surface area contributed by atoms with Crippen molar-refractivity contribution < 1.29 is 95.5 Å². The van der Waals surface area contributed by atoms with E-state index in [1.807, 2.05) is 0 Å². The molecule has 0 aromatic carbocycles. The van der Waals surface area contributed by atoms with Crippen molar-refractivity contribution in [3.63, 3.8) is 0 Å². The van der Waals surface area contributed by atoms with Crippen LogP contribution in [0.25, 0.3) is 0 Å². The zero-order valence-electron chi connectivity index (χ0n) is 30.4. The Morgan fingerprint density at radius 1 is 0.365 bits per heavy atom. The van der Waals surface area contributed by atoms with Crippen LogP contribution in [0.2, 0.25) is 0 Å². The van der Waals surface area contributed by atoms with Gasteiger partial charge < -0.3 is 61.9 Å². The number of carbonyl (C=O) groups excluding carboxylic acids is 7. The lowest BCUT2D eigenvalue weighted by atomic mass is 9.95. The molecule has 0 aromatic rings. The standard InChI is InChI=1S/C32H46O20/c1-11-23(51-31-28(49-19(9)38)25(46-16(6)35)21(12(2)42-31)44-14(4)33)24(27(30(40)41-11)48-18(8)37)52-32-29(50-20(10)39)26(47-17(7)36)22(13(3)43-32)45-15(5)34/h11-13,21-32,40H,1-10H3/t11?,12?,13?,21-,22-,23-,24?,25?,26?,27?,28?,29?,30+,31-,32-/m0/s1. The predicted octanol–water partition coefficient (Wildman–Crippen LogP) is -0.495. The second kappa shape index (κ2) is 18.2. The largest absolute Gasteiger partial charge is 0.456 e. The van der Waals surface area contributed by atoms with Crippen molar-refractivity contribution in [2.24, 2.45) is 0 Å². The molecule has 3 saturated heterocycles. The van der Waals surface area contributed by atoms with Crippen LogP contribution >= 0.6 is 0 Å². The number of ether oxygens (including phenoxy) is 12. The summed E-state index contributed by atoms with van der Waals surface area (Å²) < 4.78 is 68.2. The van der Waals surface area contributed by atoms with Gasteiger partial charge in [-0.05, 0) is 20.8 Å². The molecule has 1 N–H and O–H groups in total. The van der Waals surface area contributed by atoms with Gasteiger partial charge in [0.1, 0.15) is 12.2 Å². The van der Waals surface area contributed by atoms with Crippen LogP contribution in [0.3, 0.4) is 0 Å². The van der Waals surface area contributed by atoms with Crippen molar-refractivity contribution in [3.05, 3.63) is 0 Å². The summed E-state index contributed by atoms with van der Waals surface area (Å²) in [5.74, 6) is -5.82. The SMILES string of the molecule is CC(=O)OC1C(OC(C)=O)[C@@H](OC(C)=O)C(C)O[C@H]1OC1C(OC(C)=O)[C@H](O)OC(C)[C@@H]1O[C@@H]1OC(C)[C@H](OC(C)=O)C(OC(C)=O)C1OC(C)=O. The van der Waals surface area contributed by atoms with Gasteiger partial charge in [0.2, 0.25) is 0 Å². The van der Waals surface area contributed by atoms with Crippen molar-refractivity contribution in [2.45, 2.75) is 161 Å². The van der Waals surface area contributed by atoms with E-state index in [1.165, 1.54) is 20.8 Å². The summed E-state index contributed by atoms with van der Waals surface area (Å²) in [6, 6.07) is 0. The molecule has 0 aliphatic carbocycles. The Labute approximate surface area is 298 Å². The molecule has 20 nitrogen and oxygen atoms in total. The molecule has 52 heavy (non-hydrogen) atoms. The summed E-state index contributed by atoms with van der Waals surface area (Å²) in [6.07, 6.45) is -21.8. The van der Waals surface area contributed by atoms with E-state index in [1.54, 1.807) is 0 Å². The fraction of sp³-hybridized carbons (Fsp3) is 0.781. The van der Waals surface area contributed by atoms with Crippen molar-refractivity contribution in [3.8, 4) is 0 Å². The Kier molecular flexibility index (Phi) is 14.9. The zero-order valence-corrected chi connectivity index (χ0v) is 30.4. The third kappa shape index (κ3) is 11.0. The maximum absolute atomic E-state index is 12.3. The van der Waals surface area contributed by atoms with E-state index in [0.717, 1.165) is 48.5 Å². The Morgan fingerprint density at radius 2 is 0.635 bits per heavy atom. The number of carbonyl (C=O) groups is 7. The van der Waals surface area contributed by atoms with Crippen LogP contribution in [0.4, 0.5) is 0 Å². The smallest absolute Gasteiger partial charge is 0.303 e. The maximum Gasteiger partial charge on any atom is 0.303 e. The van der Waals surface area contributed by atoms with Gasteiger partial charge in [-0.2, -0.15) is 0 Å². The normalized spacial score (nSPS) is 37.4. The summed E-state index contributed by atoms with van der Waals surface area (Å²) in [5.41, 5.74) is 0. The van der Waals surface area contributed by atoms with Crippen molar-refractivity contribution >= 4 is 41.8 Å². The van der Waals surface area contributed by atoms with Gasteiger partial charge in [0, 0.05) is 48.5 Å². The molecule has 15 atom stereocenters. The number of hydrogen-bond donors (Lipinski definition) is 1. The fourth-order valence-electron chi connectivity index (χ4n) is 6.12. The van der Waals surface area contributed by atoms with Crippen LogP contribution in [-0.2, 0) is 90.4 Å². The first-order valence-electron chi connectivity index (χ1n) is 16.4. The number of hydrogen-bond acceptors (Lipinski definition) is 20. The van der Waals surface area contributed by atoms with Gasteiger partial charge in [0.25, 0.3) is 0 Å². The van der Waals surface area contributed by atoms with Crippen LogP contribution in [0.15, 0.2) is 0 Å². The summed E-state index contributed by atoms with van der Waals surface area (Å²) in [4.78, 5) is 85.2. The molecule has 0 radical (unpaired) electrons. The number of aliphatic hydroxyl groups excluding tert-OH is 1. The number of aliphatic hydroxyl groups is 1. The Balaban J connectivity index is 2.11. The molecule has 3 aliphatic heterocycles. The van der Waals surface area contributed by atoms with E-state index in [9.17, 15) is 38.7 Å². The first-order chi connectivity index (χ1) is 24.2. The second-order valence-corrected chi connectivity index (χ2v) is 12.4. The monoisotopic (exact) mass is 750 g/mol. The highest BCUT2D eigenvalue weighted by molar-refractivity contribution is 5.69. The molecule has 0 saturated carbocycles. The maximum atomic E-state index is 12.3. The first kappa shape index (κ1) is 42.5. The molecule has 0 bridgehead atoms. The highest BCUT2D eigenvalue weighted by Crippen LogP contribution is 2.37. The lowest BCUT2D eigenvalue weighted by Crippen LogP contribution is -2.67. The van der Waals surface area contributed by atoms with Crippen molar-refractivity contribution in [1.82, 2.24) is 0 Å². The molecule has 20 heteroatoms. The molecule has 9 unspecified atom stereocenters. The Hall–Kier alpha value is -3.95. The van der Waals surface area contributed by atoms with E-state index in [4.69, 9.17) is 56.8 Å². The third-order valence-corrected chi connectivity index (χ3v) is 7.90. The van der Waals surface area contributed by atoms with Crippen LogP contribution in [0.5, 0.6) is 0 Å². The van der Waals surface area contributed by atoms with E-state index in [-0.39, 0.29) is 0 Å². The van der Waals surface area contributed by atoms with Gasteiger partial charge in [-0.25, -0.2) is 0 Å². The third-order valence-electron chi connectivity index (χ3n) is 7.90. The molecular weight excluding hydrogens is 704 g/mol. The van der Waals surface area contributed by atoms with Gasteiger partial charge in [-0.15, -0.1) is 0 Å². The van der Waals surface area contributed by atoms with Crippen LogP contribution in [0.1, 0.15) is 69.2 Å². The number of esters is 7. The van der Waals surface area contributed by atoms with E-state index >= 15 is 0 Å². The molecule has 3 heterocycles. The van der Waals surface area contributed by atoms with E-state index < -0.39 is 134 Å². The first-order valence-corrected chi connectivity index (χ1v) is 16.4. The number of rotatable bonds is 11. The Bertz CT molecular complexity index is 1330. The molecule has 3 fully saturated rings. The van der Waals surface area contributed by atoms with Gasteiger partial charge in [0.15, 0.2) is 61.6 Å². The molecule has 294 valence electrons. The Morgan fingerprint density at radius 3 is 0.981 bits per heavy atom. The molecule has 3 aliphatic rings. The van der Waals surface area contributed by atoms with E-state index in [2.05, 4.69) is 0 Å². The molecule has 0 aromatic heterocycles. The van der Waals surface area contributed by atoms with Gasteiger partial charge >= 0.3 is 41.8 Å². The minimum Gasteiger partial charge on any atom is -0.456 e. The van der Waals surface area contributed by atoms with Crippen molar-refractivity contribution in [1.29, 1.82) is 0 Å². The van der Waals surface area contributed by atoms with Gasteiger partial charge in [-0.1, -0.05) is 0 Å². The molecule has 0 amide bonds. The van der Waals surface area contributed by atoms with Crippen LogP contribution in [0, 0.1) is 0 Å². The molecular formula is C32H46O20. The second-order valence-electron chi connectivity index (χ2n) is 12.4. The average molecular weight is 751 g/mol. The summed E-state index contributed by atoms with van der Waals surface area (Å²) in [7, 11) is 0. The topological polar surface area (TPSA) is 250 Å². The molecule has 3 rings (SSSR count). The van der Waals surface area contributed by atoms with Gasteiger partial charge in [-0.3, -0.25) is 33.6 Å². The van der Waals surface area contributed by atoms with Crippen molar-refractivity contribution in [2.75, 3.05) is 0 Å². The summed E-state index contributed by atoms with van der Waals surface area (Å²) >= 11 is 0. The fourth-order valence-corrected chi connectivity index (χ4v) is 6.12. The highest BCUT2D eigenvalue weighted by atomic mass is 16.8. The van der Waals surface area contributed by atoms with Crippen LogP contribution in [-0.4, -0.2) is 139 Å². The summed E-state index contributed by atoms with van der Waals surface area (Å²) in [5, 5.41) is 11.0. The molecule has 0 spiro atoms. The zero-order chi connectivity index (χ0) is 39.2. The minimum atomic E-state index is -1.84. The van der Waals surface area contributed by atoms with E-state index in [0.29, 0.717) is 0 Å². The lowest BCUT2D eigenvalue weighted by Gasteiger charge is -2.49. The van der Waals surface area contributed by atoms with Crippen LogP contribution < -0.4 is 0 Å². The quantitative estimate of drug-likeness (QED) is 0.206. The highest BCUT2D eigenvalue weighted by Gasteiger charge is 2.58. The van der Waals surface area contributed by atoms with Gasteiger partial charge in [0.05, 0.1) is 18.3 Å². The minimum absolute atomic E-state index is 0.758. The lowest BCUT2D eigenvalue weighted by molar-refractivity contribution is -0.378.